The molecule has 44 heavy (non-hydrogen) atoms. The molecule has 0 saturated heterocycles. The molecule has 206 valence electrons. The Bertz CT molecular complexity index is 2300. The number of benzene rings is 7. The number of nitrogens with zero attached hydrogens (tertiary/aromatic N) is 3. The molecule has 0 aliphatic carbocycles. The van der Waals surface area contributed by atoms with Crippen LogP contribution in [0.3, 0.4) is 0 Å². The maximum Gasteiger partial charge on any atom is 0.212 e. The second-order valence-electron chi connectivity index (χ2n) is 10.9. The Labute approximate surface area is 257 Å². The molecule has 0 fully saturated rings. The Balaban J connectivity index is 1.26. The van der Waals surface area contributed by atoms with Crippen LogP contribution in [0.15, 0.2) is 133 Å². The van der Waals surface area contributed by atoms with E-state index in [2.05, 4.69) is 143 Å². The summed E-state index contributed by atoms with van der Waals surface area (Å²) in [6.45, 7) is 9.89. The topological polar surface area (TPSA) is 31.4 Å². The van der Waals surface area contributed by atoms with Crippen molar-refractivity contribution >= 4 is 67.2 Å². The van der Waals surface area contributed by atoms with Gasteiger partial charge in [0.25, 0.3) is 0 Å². The average molecular weight is 562 g/mol. The van der Waals surface area contributed by atoms with Crippen molar-refractivity contribution in [1.29, 1.82) is 5.26 Å². The molecule has 0 radical (unpaired) electrons. The van der Waals surface area contributed by atoms with E-state index in [0.29, 0.717) is 11.3 Å². The summed E-state index contributed by atoms with van der Waals surface area (Å²) in [5.41, 5.74) is 7.26. The molecule has 0 bridgehead atoms. The summed E-state index contributed by atoms with van der Waals surface area (Å²) in [7, 11) is 0. The Kier molecular flexibility index (Phi) is 6.84. The van der Waals surface area contributed by atoms with E-state index < -0.39 is 0 Å². The second-order valence-corrected chi connectivity index (χ2v) is 10.9. The fraction of sp³-hybridized carbons (Fsp3) is 0.0244. The molecule has 7 aromatic rings. The van der Waals surface area contributed by atoms with E-state index >= 15 is 0 Å². The third-order valence-corrected chi connectivity index (χ3v) is 8.14. The van der Waals surface area contributed by atoms with Crippen LogP contribution in [-0.2, 0) is 0 Å². The van der Waals surface area contributed by atoms with Crippen molar-refractivity contribution < 1.29 is 0 Å². The van der Waals surface area contributed by atoms with Crippen molar-refractivity contribution in [2.24, 2.45) is 0 Å². The monoisotopic (exact) mass is 561 g/mol. The van der Waals surface area contributed by atoms with Crippen LogP contribution in [0.25, 0.3) is 49.3 Å². The summed E-state index contributed by atoms with van der Waals surface area (Å²) >= 11 is 0. The first-order valence-corrected chi connectivity index (χ1v) is 14.5. The minimum absolute atomic E-state index is 0.412. The molecule has 0 amide bonds. The van der Waals surface area contributed by atoms with Crippen LogP contribution in [0.5, 0.6) is 0 Å². The summed E-state index contributed by atoms with van der Waals surface area (Å²) in [6, 6.07) is 48.5. The van der Waals surface area contributed by atoms with E-state index in [1.54, 1.807) is 0 Å². The van der Waals surface area contributed by atoms with Gasteiger partial charge < -0.3 is 4.90 Å². The number of hydrogen-bond donors (Lipinski definition) is 0. The molecule has 0 atom stereocenters. The van der Waals surface area contributed by atoms with Crippen LogP contribution in [0, 0.1) is 24.8 Å². The molecule has 3 nitrogen and oxygen atoms in total. The van der Waals surface area contributed by atoms with E-state index in [1.807, 2.05) is 25.1 Å². The quantitative estimate of drug-likeness (QED) is 0.119. The first-order valence-electron chi connectivity index (χ1n) is 14.5. The minimum atomic E-state index is 0.412. The van der Waals surface area contributed by atoms with Gasteiger partial charge in [-0.3, -0.25) is 0 Å². The van der Waals surface area contributed by atoms with Gasteiger partial charge in [0.05, 0.1) is 23.9 Å². The number of nitriles is 1. The summed E-state index contributed by atoms with van der Waals surface area (Å²) < 4.78 is 0. The molecule has 3 heteroatoms. The maximum atomic E-state index is 9.97. The molecule has 0 saturated carbocycles. The van der Waals surface area contributed by atoms with E-state index in [-0.39, 0.29) is 0 Å². The standard InChI is InChI=1S/C41H27N3/c1-28-15-23-35-36-24-20-30(26-38(36)41(43-2)39(27-42)37(35)25-28)17-16-29-18-21-33(22-19-29)44(32-11-4-3-5-12-32)40-14-8-10-31-9-6-7-13-34(31)40/h3-26H,1H3. The van der Waals surface area contributed by atoms with Crippen LogP contribution < -0.4 is 4.90 Å². The fourth-order valence-corrected chi connectivity index (χ4v) is 6.02. The normalized spacial score (nSPS) is 11.2. The largest absolute Gasteiger partial charge is 0.310 e. The highest BCUT2D eigenvalue weighted by molar-refractivity contribution is 6.17. The molecule has 7 aromatic carbocycles. The number of rotatable bonds is 5. The highest BCUT2D eigenvalue weighted by Crippen LogP contribution is 2.40. The molecule has 0 aliphatic heterocycles. The zero-order valence-corrected chi connectivity index (χ0v) is 24.2. The molecule has 0 spiro atoms. The zero-order chi connectivity index (χ0) is 30.0. The van der Waals surface area contributed by atoms with Crippen LogP contribution >= 0.6 is 0 Å². The molecule has 0 unspecified atom stereocenters. The lowest BCUT2D eigenvalue weighted by Crippen LogP contribution is -2.10. The zero-order valence-electron chi connectivity index (χ0n) is 24.2. The molecule has 7 rings (SSSR count). The van der Waals surface area contributed by atoms with E-state index in [4.69, 9.17) is 6.57 Å². The Hall–Kier alpha value is -6.16. The maximum absolute atomic E-state index is 9.97. The van der Waals surface area contributed by atoms with Gasteiger partial charge in [0, 0.05) is 16.8 Å². The van der Waals surface area contributed by atoms with Crippen LogP contribution in [-0.4, -0.2) is 0 Å². The molecular weight excluding hydrogens is 534 g/mol. The van der Waals surface area contributed by atoms with Crippen molar-refractivity contribution in [1.82, 2.24) is 0 Å². The van der Waals surface area contributed by atoms with E-state index in [0.717, 1.165) is 55.3 Å². The van der Waals surface area contributed by atoms with Gasteiger partial charge in [-0.25, -0.2) is 4.85 Å². The van der Waals surface area contributed by atoms with Crippen molar-refractivity contribution in [3.8, 4) is 6.07 Å². The smallest absolute Gasteiger partial charge is 0.212 e. The Morgan fingerprint density at radius 2 is 1.27 bits per heavy atom. The van der Waals surface area contributed by atoms with E-state index in [9.17, 15) is 5.26 Å². The van der Waals surface area contributed by atoms with E-state index in [1.165, 1.54) is 10.8 Å². The lowest BCUT2D eigenvalue weighted by Gasteiger charge is -2.27. The highest BCUT2D eigenvalue weighted by Gasteiger charge is 2.16. The Morgan fingerprint density at radius 1 is 0.614 bits per heavy atom. The van der Waals surface area contributed by atoms with Gasteiger partial charge in [-0.2, -0.15) is 5.26 Å². The Morgan fingerprint density at radius 3 is 2.07 bits per heavy atom. The molecule has 0 aliphatic rings. The van der Waals surface area contributed by atoms with Gasteiger partial charge in [0.1, 0.15) is 0 Å². The predicted octanol–water partition coefficient (Wildman–Crippen LogP) is 11.5. The van der Waals surface area contributed by atoms with Crippen LogP contribution in [0.2, 0.25) is 0 Å². The molecular formula is C41H27N3. The number of anilines is 3. The number of fused-ring (bicyclic) bond motifs is 4. The molecule has 0 aromatic heterocycles. The van der Waals surface area contributed by atoms with Gasteiger partial charge in [0.15, 0.2) is 0 Å². The molecule has 0 heterocycles. The number of aryl methyl sites for hydroxylation is 1. The lowest BCUT2D eigenvalue weighted by atomic mass is 9.93. The third kappa shape index (κ3) is 4.74. The van der Waals surface area contributed by atoms with Crippen LogP contribution in [0.1, 0.15) is 22.3 Å². The predicted molar refractivity (Wildman–Crippen MR) is 185 cm³/mol. The molecule has 0 N–H and O–H groups in total. The second kappa shape index (κ2) is 11.3. The summed E-state index contributed by atoms with van der Waals surface area (Å²) in [6.07, 6.45) is 4.15. The fourth-order valence-electron chi connectivity index (χ4n) is 6.02. The van der Waals surface area contributed by atoms with Crippen LogP contribution in [0.4, 0.5) is 22.7 Å². The first-order chi connectivity index (χ1) is 21.6. The summed E-state index contributed by atoms with van der Waals surface area (Å²) in [5, 5.41) is 16.0. The van der Waals surface area contributed by atoms with Crippen molar-refractivity contribution in [3.05, 3.63) is 167 Å². The van der Waals surface area contributed by atoms with Gasteiger partial charge in [-0.05, 0) is 75.3 Å². The SMILES string of the molecule is [C-]#[N+]c1c(C#N)c2cc(C)ccc2c2ccc(C=Cc3ccc(N(c4ccccc4)c4cccc5ccccc45)cc3)cc12. The van der Waals surface area contributed by atoms with Gasteiger partial charge in [0.2, 0.25) is 5.69 Å². The van der Waals surface area contributed by atoms with Gasteiger partial charge >= 0.3 is 0 Å². The highest BCUT2D eigenvalue weighted by atomic mass is 15.1. The van der Waals surface area contributed by atoms with Crippen molar-refractivity contribution in [2.75, 3.05) is 4.90 Å². The van der Waals surface area contributed by atoms with Gasteiger partial charge in [-0.15, -0.1) is 0 Å². The minimum Gasteiger partial charge on any atom is -0.310 e. The number of para-hydroxylation sites is 1. The van der Waals surface area contributed by atoms with Crippen molar-refractivity contribution in [3.63, 3.8) is 0 Å². The third-order valence-electron chi connectivity index (χ3n) is 8.14. The van der Waals surface area contributed by atoms with Crippen molar-refractivity contribution in [2.45, 2.75) is 6.92 Å². The summed E-state index contributed by atoms with van der Waals surface area (Å²) in [5.74, 6) is 0. The van der Waals surface area contributed by atoms with Gasteiger partial charge in [-0.1, -0.05) is 121 Å². The lowest BCUT2D eigenvalue weighted by molar-refractivity contribution is 1.30. The number of hydrogen-bond acceptors (Lipinski definition) is 2. The first kappa shape index (κ1) is 26.7. The average Bonchev–Trinajstić information content (AvgIpc) is 3.07. The summed E-state index contributed by atoms with van der Waals surface area (Å²) in [4.78, 5) is 6.10.